The largest absolute Gasteiger partial charge is 0.462 e. The standard InChI is InChI=1S/C21H24N2O9S/c1-10(24)28-9-16(29-11(2)25)17-18(30-12(3)26)19(31-13(4)27)20(32-17)33-21-22-14-7-5-6-8-15(14)23-21/h5-8,16-20H,9H2,1-4H3,(H,22,23)/t16-,17-,18+,19-,20+/m1/s1. The lowest BCUT2D eigenvalue weighted by atomic mass is 10.1. The molecule has 1 aromatic heterocycles. The number of ether oxygens (including phenoxy) is 5. The van der Waals surface area contributed by atoms with E-state index in [-0.39, 0.29) is 6.61 Å². The lowest BCUT2D eigenvalue weighted by Crippen LogP contribution is -2.46. The molecule has 1 aromatic carbocycles. The second-order valence-corrected chi connectivity index (χ2v) is 8.33. The second-order valence-electron chi connectivity index (χ2n) is 7.24. The number of para-hydroxylation sites is 2. The lowest BCUT2D eigenvalue weighted by molar-refractivity contribution is -0.176. The zero-order chi connectivity index (χ0) is 24.1. The van der Waals surface area contributed by atoms with Gasteiger partial charge in [-0.15, -0.1) is 0 Å². The number of imidazole rings is 1. The van der Waals surface area contributed by atoms with Crippen molar-refractivity contribution in [2.45, 2.75) is 62.7 Å². The van der Waals surface area contributed by atoms with Gasteiger partial charge in [0.2, 0.25) is 0 Å². The molecule has 1 fully saturated rings. The van der Waals surface area contributed by atoms with Gasteiger partial charge in [-0.05, 0) is 12.1 Å². The SMILES string of the molecule is CC(=O)OC[C@@H](OC(C)=O)[C@H]1O[C@@H](Sc2nc3ccccc3[nH]2)[C@H](OC(C)=O)[C@H]1OC(C)=O. The van der Waals surface area contributed by atoms with Crippen LogP contribution >= 0.6 is 11.8 Å². The third-order valence-corrected chi connectivity index (χ3v) is 5.57. The van der Waals surface area contributed by atoms with Crippen LogP contribution in [0.4, 0.5) is 0 Å². The van der Waals surface area contributed by atoms with Crippen molar-refractivity contribution in [3.63, 3.8) is 0 Å². The molecule has 12 heteroatoms. The summed E-state index contributed by atoms with van der Waals surface area (Å²) in [5.74, 6) is -2.54. The third kappa shape index (κ3) is 6.45. The zero-order valence-corrected chi connectivity index (χ0v) is 19.2. The molecule has 0 saturated carbocycles. The van der Waals surface area contributed by atoms with E-state index in [4.69, 9.17) is 23.7 Å². The van der Waals surface area contributed by atoms with Gasteiger partial charge in [-0.25, -0.2) is 4.98 Å². The van der Waals surface area contributed by atoms with Crippen LogP contribution < -0.4 is 0 Å². The number of rotatable bonds is 8. The van der Waals surface area contributed by atoms with Gasteiger partial charge in [0.05, 0.1) is 11.0 Å². The molecule has 0 radical (unpaired) electrons. The van der Waals surface area contributed by atoms with Gasteiger partial charge in [-0.2, -0.15) is 0 Å². The first-order chi connectivity index (χ1) is 15.6. The Morgan fingerprint density at radius 3 is 2.27 bits per heavy atom. The van der Waals surface area contributed by atoms with E-state index in [1.165, 1.54) is 27.7 Å². The van der Waals surface area contributed by atoms with Crippen LogP contribution in [0.2, 0.25) is 0 Å². The highest BCUT2D eigenvalue weighted by Gasteiger charge is 2.54. The number of nitrogens with one attached hydrogen (secondary N) is 1. The Kier molecular flexibility index (Phi) is 7.92. The summed E-state index contributed by atoms with van der Waals surface area (Å²) in [7, 11) is 0. The minimum Gasteiger partial charge on any atom is -0.462 e. The zero-order valence-electron chi connectivity index (χ0n) is 18.4. The van der Waals surface area contributed by atoms with Crippen molar-refractivity contribution in [2.75, 3.05) is 6.61 Å². The van der Waals surface area contributed by atoms with Gasteiger partial charge in [0.15, 0.2) is 28.9 Å². The highest BCUT2D eigenvalue weighted by Crippen LogP contribution is 2.38. The van der Waals surface area contributed by atoms with Gasteiger partial charge in [0, 0.05) is 27.7 Å². The first kappa shape index (κ1) is 24.5. The number of benzene rings is 1. The van der Waals surface area contributed by atoms with Crippen LogP contribution in [0, 0.1) is 0 Å². The van der Waals surface area contributed by atoms with Crippen LogP contribution in [0.1, 0.15) is 27.7 Å². The molecular formula is C21H24N2O9S. The molecule has 0 unspecified atom stereocenters. The molecule has 3 rings (SSSR count). The summed E-state index contributed by atoms with van der Waals surface area (Å²) in [4.78, 5) is 54.3. The smallest absolute Gasteiger partial charge is 0.303 e. The molecule has 33 heavy (non-hydrogen) atoms. The molecular weight excluding hydrogens is 456 g/mol. The summed E-state index contributed by atoms with van der Waals surface area (Å²) in [6.45, 7) is 4.44. The van der Waals surface area contributed by atoms with Crippen LogP contribution in [0.15, 0.2) is 29.4 Å². The molecule has 0 bridgehead atoms. The highest BCUT2D eigenvalue weighted by molar-refractivity contribution is 7.99. The van der Waals surface area contributed by atoms with Crippen LogP contribution in [-0.4, -0.2) is 70.3 Å². The summed E-state index contributed by atoms with van der Waals surface area (Å²) < 4.78 is 27.2. The normalized spacial score (nSPS) is 23.0. The van der Waals surface area contributed by atoms with E-state index < -0.39 is 53.7 Å². The summed E-state index contributed by atoms with van der Waals surface area (Å²) in [5, 5.41) is 0.476. The molecule has 1 aliphatic rings. The summed E-state index contributed by atoms with van der Waals surface area (Å²) >= 11 is 1.12. The number of esters is 4. The molecule has 1 N–H and O–H groups in total. The Labute approximate surface area is 193 Å². The number of aromatic amines is 1. The number of H-pyrrole nitrogens is 1. The van der Waals surface area contributed by atoms with Crippen molar-refractivity contribution >= 4 is 46.7 Å². The van der Waals surface area contributed by atoms with Gasteiger partial charge in [0.25, 0.3) is 0 Å². The van der Waals surface area contributed by atoms with Crippen molar-refractivity contribution in [2.24, 2.45) is 0 Å². The molecule has 0 aliphatic carbocycles. The molecule has 1 saturated heterocycles. The maximum absolute atomic E-state index is 11.8. The average Bonchev–Trinajstić information content (AvgIpc) is 3.26. The van der Waals surface area contributed by atoms with Crippen molar-refractivity contribution in [1.82, 2.24) is 9.97 Å². The van der Waals surface area contributed by atoms with E-state index in [0.717, 1.165) is 22.8 Å². The van der Waals surface area contributed by atoms with E-state index in [9.17, 15) is 19.2 Å². The first-order valence-corrected chi connectivity index (χ1v) is 10.9. The summed E-state index contributed by atoms with van der Waals surface area (Å²) in [5.41, 5.74) is 0.643. The minimum atomic E-state index is -1.13. The topological polar surface area (TPSA) is 143 Å². The molecule has 2 heterocycles. The fourth-order valence-corrected chi connectivity index (χ4v) is 4.46. The Hall–Kier alpha value is -3.12. The molecule has 11 nitrogen and oxygen atoms in total. The molecule has 1 aliphatic heterocycles. The van der Waals surface area contributed by atoms with Crippen LogP contribution in [0.3, 0.4) is 0 Å². The van der Waals surface area contributed by atoms with Crippen LogP contribution in [0.25, 0.3) is 11.0 Å². The van der Waals surface area contributed by atoms with Crippen molar-refractivity contribution in [3.8, 4) is 0 Å². The molecule has 0 amide bonds. The highest BCUT2D eigenvalue weighted by atomic mass is 32.2. The van der Waals surface area contributed by atoms with Crippen molar-refractivity contribution in [1.29, 1.82) is 0 Å². The summed E-state index contributed by atoms with van der Waals surface area (Å²) in [6.07, 6.45) is -4.38. The van der Waals surface area contributed by atoms with E-state index >= 15 is 0 Å². The summed E-state index contributed by atoms with van der Waals surface area (Å²) in [6, 6.07) is 7.38. The minimum absolute atomic E-state index is 0.341. The van der Waals surface area contributed by atoms with E-state index in [0.29, 0.717) is 5.16 Å². The average molecular weight is 480 g/mol. The molecule has 178 valence electrons. The predicted octanol–water partition coefficient (Wildman–Crippen LogP) is 1.74. The Balaban J connectivity index is 1.92. The number of aromatic nitrogens is 2. The number of thioether (sulfide) groups is 1. The Morgan fingerprint density at radius 1 is 1.00 bits per heavy atom. The van der Waals surface area contributed by atoms with Gasteiger partial charge >= 0.3 is 23.9 Å². The third-order valence-electron chi connectivity index (χ3n) is 4.54. The van der Waals surface area contributed by atoms with Crippen LogP contribution in [0.5, 0.6) is 0 Å². The Morgan fingerprint density at radius 2 is 1.67 bits per heavy atom. The van der Waals surface area contributed by atoms with Crippen LogP contribution in [-0.2, 0) is 42.9 Å². The molecule has 0 spiro atoms. The number of hydrogen-bond acceptors (Lipinski definition) is 11. The molecule has 5 atom stereocenters. The van der Waals surface area contributed by atoms with Gasteiger partial charge in [-0.3, -0.25) is 19.2 Å². The number of hydrogen-bond donors (Lipinski definition) is 1. The number of fused-ring (bicyclic) bond motifs is 1. The van der Waals surface area contributed by atoms with Gasteiger partial charge in [-0.1, -0.05) is 23.9 Å². The number of carbonyl (C=O) groups excluding carboxylic acids is 4. The second kappa shape index (κ2) is 10.7. The first-order valence-electron chi connectivity index (χ1n) is 10.1. The van der Waals surface area contributed by atoms with Gasteiger partial charge < -0.3 is 28.7 Å². The van der Waals surface area contributed by atoms with E-state index in [2.05, 4.69) is 9.97 Å². The fraction of sp³-hybridized carbons (Fsp3) is 0.476. The maximum Gasteiger partial charge on any atom is 0.303 e. The van der Waals surface area contributed by atoms with Gasteiger partial charge in [0.1, 0.15) is 12.7 Å². The fourth-order valence-electron chi connectivity index (χ4n) is 3.39. The predicted molar refractivity (Wildman–Crippen MR) is 114 cm³/mol. The van der Waals surface area contributed by atoms with E-state index in [1.54, 1.807) is 0 Å². The van der Waals surface area contributed by atoms with E-state index in [1.807, 2.05) is 24.3 Å². The number of carbonyl (C=O) groups is 4. The Bertz CT molecular complexity index is 1010. The lowest BCUT2D eigenvalue weighted by Gasteiger charge is -2.27. The quantitative estimate of drug-likeness (QED) is 0.436. The number of nitrogens with zero attached hydrogens (tertiary/aromatic N) is 1. The maximum atomic E-state index is 11.8. The van der Waals surface area contributed by atoms with Crippen molar-refractivity contribution < 1.29 is 42.9 Å². The monoisotopic (exact) mass is 480 g/mol. The van der Waals surface area contributed by atoms with Crippen molar-refractivity contribution in [3.05, 3.63) is 24.3 Å². The molecule has 2 aromatic rings.